The number of alkyl halides is 1. The Morgan fingerprint density at radius 2 is 1.84 bits per heavy atom. The van der Waals surface area contributed by atoms with Gasteiger partial charge in [-0.2, -0.15) is 0 Å². The van der Waals surface area contributed by atoms with Gasteiger partial charge in [0.05, 0.1) is 12.5 Å². The lowest BCUT2D eigenvalue weighted by Crippen LogP contribution is -1.99. The first-order valence-electron chi connectivity index (χ1n) is 5.76. The van der Waals surface area contributed by atoms with E-state index in [1.165, 1.54) is 0 Å². The van der Waals surface area contributed by atoms with E-state index in [4.69, 9.17) is 27.9 Å². The zero-order valence-corrected chi connectivity index (χ0v) is 14.3. The van der Waals surface area contributed by atoms with E-state index in [0.29, 0.717) is 5.02 Å². The largest absolute Gasteiger partial charge is 0.497 e. The Balaban J connectivity index is 2.43. The average molecular weight is 407 g/mol. The van der Waals surface area contributed by atoms with Crippen molar-refractivity contribution in [3.8, 4) is 5.75 Å². The van der Waals surface area contributed by atoms with Gasteiger partial charge in [0, 0.05) is 8.59 Å². The van der Waals surface area contributed by atoms with Gasteiger partial charge in [-0.3, -0.25) is 0 Å². The number of methoxy groups -OCH3 is 1. The van der Waals surface area contributed by atoms with Crippen LogP contribution in [0.2, 0.25) is 5.02 Å². The molecule has 19 heavy (non-hydrogen) atoms. The van der Waals surface area contributed by atoms with Crippen molar-refractivity contribution in [1.82, 2.24) is 0 Å². The summed E-state index contributed by atoms with van der Waals surface area (Å²) in [5.74, 6) is 0.839. The van der Waals surface area contributed by atoms with Crippen LogP contribution in [0.5, 0.6) is 5.75 Å². The van der Waals surface area contributed by atoms with Gasteiger partial charge in [0.1, 0.15) is 5.75 Å². The lowest BCUT2D eigenvalue weighted by atomic mass is 10.00. The van der Waals surface area contributed by atoms with Crippen molar-refractivity contribution < 1.29 is 4.74 Å². The number of ether oxygens (including phenoxy) is 1. The molecule has 4 heteroatoms. The van der Waals surface area contributed by atoms with E-state index in [1.54, 1.807) is 7.11 Å². The van der Waals surface area contributed by atoms with Crippen LogP contribution in [0, 0.1) is 10.5 Å². The summed E-state index contributed by atoms with van der Waals surface area (Å²) >= 11 is 14.9. The van der Waals surface area contributed by atoms with Crippen molar-refractivity contribution in [1.29, 1.82) is 0 Å². The number of halogens is 3. The van der Waals surface area contributed by atoms with Gasteiger partial charge in [-0.05, 0) is 76.5 Å². The van der Waals surface area contributed by atoms with Gasteiger partial charge in [-0.25, -0.2) is 0 Å². The predicted molar refractivity (Wildman–Crippen MR) is 89.6 cm³/mol. The van der Waals surface area contributed by atoms with Crippen LogP contribution in [0.25, 0.3) is 0 Å². The van der Waals surface area contributed by atoms with Gasteiger partial charge < -0.3 is 4.74 Å². The Hall–Kier alpha value is -0.450. The Morgan fingerprint density at radius 3 is 2.47 bits per heavy atom. The van der Waals surface area contributed by atoms with Crippen molar-refractivity contribution in [3.63, 3.8) is 0 Å². The molecule has 0 aliphatic heterocycles. The third-order valence-electron chi connectivity index (χ3n) is 2.98. The quantitative estimate of drug-likeness (QED) is 0.476. The summed E-state index contributed by atoms with van der Waals surface area (Å²) in [6.07, 6.45) is 0. The Bertz CT molecular complexity index is 599. The average Bonchev–Trinajstić information content (AvgIpc) is 2.40. The van der Waals surface area contributed by atoms with Crippen LogP contribution in [0.4, 0.5) is 0 Å². The summed E-state index contributed by atoms with van der Waals surface area (Å²) in [4.78, 5) is 0. The van der Waals surface area contributed by atoms with Crippen molar-refractivity contribution in [2.24, 2.45) is 0 Å². The van der Waals surface area contributed by atoms with Gasteiger partial charge in [0.15, 0.2) is 0 Å². The molecule has 0 N–H and O–H groups in total. The molecule has 1 atom stereocenters. The fraction of sp³-hybridized carbons (Fsp3) is 0.200. The Labute approximate surface area is 137 Å². The van der Waals surface area contributed by atoms with E-state index in [0.717, 1.165) is 26.0 Å². The van der Waals surface area contributed by atoms with E-state index in [2.05, 4.69) is 22.6 Å². The first-order valence-corrected chi connectivity index (χ1v) is 7.66. The highest BCUT2D eigenvalue weighted by molar-refractivity contribution is 14.1. The minimum Gasteiger partial charge on any atom is -0.497 e. The molecule has 0 saturated heterocycles. The number of hydrogen-bond acceptors (Lipinski definition) is 1. The van der Waals surface area contributed by atoms with E-state index in [-0.39, 0.29) is 5.38 Å². The molecule has 2 aromatic carbocycles. The molecule has 0 bridgehead atoms. The second-order valence-electron chi connectivity index (χ2n) is 4.25. The highest BCUT2D eigenvalue weighted by Gasteiger charge is 2.16. The molecule has 2 rings (SSSR count). The molecule has 0 fully saturated rings. The zero-order valence-electron chi connectivity index (χ0n) is 10.6. The highest BCUT2D eigenvalue weighted by atomic mass is 127. The van der Waals surface area contributed by atoms with E-state index in [9.17, 15) is 0 Å². The fourth-order valence-corrected chi connectivity index (χ4v) is 3.37. The summed E-state index contributed by atoms with van der Waals surface area (Å²) < 4.78 is 6.32. The summed E-state index contributed by atoms with van der Waals surface area (Å²) in [7, 11) is 1.66. The molecule has 0 saturated carbocycles. The maximum absolute atomic E-state index is 6.61. The van der Waals surface area contributed by atoms with Crippen LogP contribution >= 0.6 is 45.8 Å². The second-order valence-corrected chi connectivity index (χ2v) is 6.29. The molecule has 0 radical (unpaired) electrons. The lowest BCUT2D eigenvalue weighted by Gasteiger charge is -2.16. The number of rotatable bonds is 3. The van der Waals surface area contributed by atoms with E-state index in [1.807, 2.05) is 43.3 Å². The predicted octanol–water partition coefficient (Wildman–Crippen LogP) is 5.59. The number of hydrogen-bond donors (Lipinski definition) is 0. The van der Waals surface area contributed by atoms with Crippen molar-refractivity contribution >= 4 is 45.8 Å². The SMILES string of the molecule is COc1ccc(C(Cl)c2cc(Cl)ccc2I)c(C)c1. The van der Waals surface area contributed by atoms with Crippen LogP contribution in [0.3, 0.4) is 0 Å². The third-order valence-corrected chi connectivity index (χ3v) is 4.67. The molecular weight excluding hydrogens is 394 g/mol. The molecule has 0 aliphatic carbocycles. The lowest BCUT2D eigenvalue weighted by molar-refractivity contribution is 0.414. The molecule has 0 amide bonds. The topological polar surface area (TPSA) is 9.23 Å². The maximum atomic E-state index is 6.61. The van der Waals surface area contributed by atoms with E-state index < -0.39 is 0 Å². The standard InChI is InChI=1S/C15H13Cl2IO/c1-9-7-11(19-2)4-5-12(9)15(17)13-8-10(16)3-6-14(13)18/h3-8,15H,1-2H3. The van der Waals surface area contributed by atoms with Gasteiger partial charge in [-0.15, -0.1) is 11.6 Å². The van der Waals surface area contributed by atoms with Crippen molar-refractivity contribution in [3.05, 3.63) is 61.7 Å². The smallest absolute Gasteiger partial charge is 0.119 e. The molecule has 2 aromatic rings. The normalized spacial score (nSPS) is 12.3. The van der Waals surface area contributed by atoms with Crippen molar-refractivity contribution in [2.45, 2.75) is 12.3 Å². The van der Waals surface area contributed by atoms with Gasteiger partial charge in [0.25, 0.3) is 0 Å². The summed E-state index contributed by atoms with van der Waals surface area (Å²) in [5.41, 5.74) is 3.21. The first kappa shape index (κ1) is 14.9. The number of benzene rings is 2. The minimum atomic E-state index is -0.212. The minimum absolute atomic E-state index is 0.212. The Kier molecular flexibility index (Phi) is 4.98. The molecule has 1 nitrogen and oxygen atoms in total. The summed E-state index contributed by atoms with van der Waals surface area (Å²) in [6, 6.07) is 11.7. The van der Waals surface area contributed by atoms with Crippen LogP contribution in [-0.2, 0) is 0 Å². The number of aryl methyl sites for hydroxylation is 1. The molecule has 0 aromatic heterocycles. The van der Waals surface area contributed by atoms with Gasteiger partial charge >= 0.3 is 0 Å². The van der Waals surface area contributed by atoms with E-state index >= 15 is 0 Å². The van der Waals surface area contributed by atoms with Crippen LogP contribution in [0.1, 0.15) is 22.1 Å². The zero-order chi connectivity index (χ0) is 14.0. The molecular formula is C15H13Cl2IO. The third kappa shape index (κ3) is 3.36. The highest BCUT2D eigenvalue weighted by Crippen LogP contribution is 2.36. The monoisotopic (exact) mass is 406 g/mol. The van der Waals surface area contributed by atoms with Crippen molar-refractivity contribution in [2.75, 3.05) is 7.11 Å². The summed E-state index contributed by atoms with van der Waals surface area (Å²) in [6.45, 7) is 2.03. The maximum Gasteiger partial charge on any atom is 0.119 e. The first-order chi connectivity index (χ1) is 9.02. The molecule has 0 heterocycles. The molecule has 1 unspecified atom stereocenters. The van der Waals surface area contributed by atoms with Crippen LogP contribution in [0.15, 0.2) is 36.4 Å². The Morgan fingerprint density at radius 1 is 1.11 bits per heavy atom. The molecule has 100 valence electrons. The van der Waals surface area contributed by atoms with Crippen LogP contribution in [-0.4, -0.2) is 7.11 Å². The second kappa shape index (κ2) is 6.33. The molecule has 0 aliphatic rings. The van der Waals surface area contributed by atoms with Crippen LogP contribution < -0.4 is 4.74 Å². The van der Waals surface area contributed by atoms with Gasteiger partial charge in [0.2, 0.25) is 0 Å². The molecule has 0 spiro atoms. The summed E-state index contributed by atoms with van der Waals surface area (Å²) in [5, 5.41) is 0.490. The fourth-order valence-electron chi connectivity index (χ4n) is 1.94. The van der Waals surface area contributed by atoms with Gasteiger partial charge in [-0.1, -0.05) is 17.7 Å².